The fraction of sp³-hybridized carbons (Fsp3) is 0.823. The third-order valence-electron chi connectivity index (χ3n) is 13.1. The first kappa shape index (κ1) is 65.4. The van der Waals surface area contributed by atoms with E-state index < -0.39 is 6.10 Å². The van der Waals surface area contributed by atoms with Gasteiger partial charge in [-0.3, -0.25) is 14.4 Å². The van der Waals surface area contributed by atoms with Crippen molar-refractivity contribution in [2.24, 2.45) is 0 Å². The Morgan fingerprint density at radius 1 is 0.309 bits per heavy atom. The SMILES string of the molecule is CC/C=C\C/C=C\C/C=C\C/C=C\CCCCCCC(=O)OC(COC(=O)CCCCCCCCCCCCCCC)COC(=O)CCCCCCCCCCCCCCCCCCCCCC. The van der Waals surface area contributed by atoms with Gasteiger partial charge in [0, 0.05) is 19.3 Å². The van der Waals surface area contributed by atoms with E-state index in [2.05, 4.69) is 69.4 Å². The van der Waals surface area contributed by atoms with Crippen LogP contribution in [-0.4, -0.2) is 37.2 Å². The molecule has 0 aliphatic heterocycles. The van der Waals surface area contributed by atoms with Crippen molar-refractivity contribution in [3.05, 3.63) is 48.6 Å². The van der Waals surface area contributed by atoms with Crippen molar-refractivity contribution in [1.82, 2.24) is 0 Å². The lowest BCUT2D eigenvalue weighted by atomic mass is 10.0. The monoisotopic (exact) mass is 953 g/mol. The standard InChI is InChI=1S/C62H112O6/c1-4-7-10-13-16-19-22-25-27-29-30-31-33-34-37-40-43-46-49-52-55-61(64)67-58-59(57-66-60(63)54-51-48-45-42-39-36-24-21-18-15-12-9-6-3)68-62(65)56-53-50-47-44-41-38-35-32-28-26-23-20-17-14-11-8-5-2/h8,11,17,20,26,28,35,38,59H,4-7,9-10,12-16,18-19,21-25,27,29-34,36-37,39-58H2,1-3H3/b11-8-,20-17-,28-26-,38-35-. The molecule has 0 heterocycles. The molecule has 0 saturated heterocycles. The largest absolute Gasteiger partial charge is 0.462 e. The number of ether oxygens (including phenoxy) is 3. The predicted molar refractivity (Wildman–Crippen MR) is 293 cm³/mol. The van der Waals surface area contributed by atoms with E-state index in [9.17, 15) is 14.4 Å². The minimum Gasteiger partial charge on any atom is -0.462 e. The van der Waals surface area contributed by atoms with Gasteiger partial charge in [0.05, 0.1) is 0 Å². The molecule has 0 N–H and O–H groups in total. The zero-order chi connectivity index (χ0) is 49.3. The van der Waals surface area contributed by atoms with Crippen LogP contribution in [-0.2, 0) is 28.6 Å². The number of unbranched alkanes of at least 4 members (excludes halogenated alkanes) is 35. The van der Waals surface area contributed by atoms with Crippen LogP contribution in [0.25, 0.3) is 0 Å². The second kappa shape index (κ2) is 57.0. The van der Waals surface area contributed by atoms with Crippen LogP contribution in [0, 0.1) is 0 Å². The molecule has 0 aliphatic carbocycles. The maximum atomic E-state index is 12.9. The zero-order valence-electron chi connectivity index (χ0n) is 45.4. The summed E-state index contributed by atoms with van der Waals surface area (Å²) in [6.45, 7) is 6.55. The van der Waals surface area contributed by atoms with E-state index in [0.717, 1.165) is 96.3 Å². The summed E-state index contributed by atoms with van der Waals surface area (Å²) in [6.07, 6.45) is 69.6. The first-order valence-corrected chi connectivity index (χ1v) is 29.6. The molecule has 1 atom stereocenters. The summed E-state index contributed by atoms with van der Waals surface area (Å²) in [5, 5.41) is 0. The molecular weight excluding hydrogens is 841 g/mol. The van der Waals surface area contributed by atoms with Crippen LogP contribution in [0.3, 0.4) is 0 Å². The van der Waals surface area contributed by atoms with E-state index in [1.807, 2.05) is 0 Å². The van der Waals surface area contributed by atoms with Crippen molar-refractivity contribution >= 4 is 17.9 Å². The topological polar surface area (TPSA) is 78.9 Å². The van der Waals surface area contributed by atoms with Crippen LogP contribution in [0.5, 0.6) is 0 Å². The van der Waals surface area contributed by atoms with Crippen LogP contribution in [0.2, 0.25) is 0 Å². The van der Waals surface area contributed by atoms with E-state index in [1.165, 1.54) is 173 Å². The minimum atomic E-state index is -0.782. The van der Waals surface area contributed by atoms with Crippen molar-refractivity contribution in [3.8, 4) is 0 Å². The molecule has 0 aliphatic rings. The van der Waals surface area contributed by atoms with Crippen LogP contribution in [0.15, 0.2) is 48.6 Å². The van der Waals surface area contributed by atoms with Crippen molar-refractivity contribution in [1.29, 1.82) is 0 Å². The lowest BCUT2D eigenvalue weighted by Crippen LogP contribution is -2.30. The smallest absolute Gasteiger partial charge is 0.306 e. The molecule has 0 radical (unpaired) electrons. The van der Waals surface area contributed by atoms with E-state index >= 15 is 0 Å². The highest BCUT2D eigenvalue weighted by Crippen LogP contribution is 2.17. The molecule has 0 aromatic carbocycles. The lowest BCUT2D eigenvalue weighted by Gasteiger charge is -2.18. The first-order chi connectivity index (χ1) is 33.5. The molecule has 0 rings (SSSR count). The number of esters is 3. The molecule has 1 unspecified atom stereocenters. The van der Waals surface area contributed by atoms with Gasteiger partial charge in [-0.1, -0.05) is 281 Å². The highest BCUT2D eigenvalue weighted by molar-refractivity contribution is 5.71. The van der Waals surface area contributed by atoms with Gasteiger partial charge < -0.3 is 14.2 Å². The molecule has 0 bridgehead atoms. The van der Waals surface area contributed by atoms with Gasteiger partial charge in [0.25, 0.3) is 0 Å². The third-order valence-corrected chi connectivity index (χ3v) is 13.1. The molecule has 0 aromatic heterocycles. The quantitative estimate of drug-likeness (QED) is 0.0262. The minimum absolute atomic E-state index is 0.0787. The molecule has 0 saturated carbocycles. The van der Waals surface area contributed by atoms with Gasteiger partial charge in [-0.05, 0) is 57.8 Å². The summed E-state index contributed by atoms with van der Waals surface area (Å²) in [5.74, 6) is -0.885. The Bertz CT molecular complexity index is 1190. The fourth-order valence-electron chi connectivity index (χ4n) is 8.67. The van der Waals surface area contributed by atoms with Gasteiger partial charge in [-0.15, -0.1) is 0 Å². The van der Waals surface area contributed by atoms with Crippen LogP contribution < -0.4 is 0 Å². The number of hydrogen-bond donors (Lipinski definition) is 0. The predicted octanol–water partition coefficient (Wildman–Crippen LogP) is 19.8. The van der Waals surface area contributed by atoms with Crippen molar-refractivity contribution in [2.45, 2.75) is 316 Å². The maximum absolute atomic E-state index is 12.9. The zero-order valence-corrected chi connectivity index (χ0v) is 45.4. The number of allylic oxidation sites excluding steroid dienone is 8. The summed E-state index contributed by atoms with van der Waals surface area (Å²) in [7, 11) is 0. The van der Waals surface area contributed by atoms with Crippen molar-refractivity contribution in [2.75, 3.05) is 13.2 Å². The summed E-state index contributed by atoms with van der Waals surface area (Å²) in [5.41, 5.74) is 0. The second-order valence-electron chi connectivity index (χ2n) is 19.9. The Labute approximate surface area is 422 Å². The summed E-state index contributed by atoms with van der Waals surface area (Å²) in [4.78, 5) is 38.2. The molecule has 6 heteroatoms. The van der Waals surface area contributed by atoms with Crippen LogP contribution in [0.1, 0.15) is 310 Å². The normalized spacial score (nSPS) is 12.3. The van der Waals surface area contributed by atoms with Gasteiger partial charge in [0.1, 0.15) is 13.2 Å². The van der Waals surface area contributed by atoms with Crippen molar-refractivity contribution in [3.63, 3.8) is 0 Å². The molecule has 0 aromatic rings. The van der Waals surface area contributed by atoms with E-state index in [4.69, 9.17) is 14.2 Å². The highest BCUT2D eigenvalue weighted by Gasteiger charge is 2.19. The average Bonchev–Trinajstić information content (AvgIpc) is 3.34. The third kappa shape index (κ3) is 54.3. The van der Waals surface area contributed by atoms with Gasteiger partial charge in [-0.25, -0.2) is 0 Å². The van der Waals surface area contributed by atoms with E-state index in [-0.39, 0.29) is 31.1 Å². The van der Waals surface area contributed by atoms with Crippen molar-refractivity contribution < 1.29 is 28.6 Å². The van der Waals surface area contributed by atoms with Gasteiger partial charge in [-0.2, -0.15) is 0 Å². The second-order valence-corrected chi connectivity index (χ2v) is 19.9. The lowest BCUT2D eigenvalue weighted by molar-refractivity contribution is -0.167. The molecule has 6 nitrogen and oxygen atoms in total. The Morgan fingerprint density at radius 3 is 0.897 bits per heavy atom. The van der Waals surface area contributed by atoms with E-state index in [0.29, 0.717) is 19.3 Å². The Balaban J connectivity index is 4.34. The Morgan fingerprint density at radius 2 is 0.574 bits per heavy atom. The maximum Gasteiger partial charge on any atom is 0.306 e. The Kier molecular flexibility index (Phi) is 54.8. The fourth-order valence-corrected chi connectivity index (χ4v) is 8.67. The summed E-state index contributed by atoms with van der Waals surface area (Å²) in [6, 6.07) is 0. The number of rotatable bonds is 54. The summed E-state index contributed by atoms with van der Waals surface area (Å²) < 4.78 is 16.9. The van der Waals surface area contributed by atoms with Crippen LogP contribution in [0.4, 0.5) is 0 Å². The van der Waals surface area contributed by atoms with E-state index in [1.54, 1.807) is 0 Å². The molecule has 68 heavy (non-hydrogen) atoms. The number of hydrogen-bond acceptors (Lipinski definition) is 6. The molecule has 0 fully saturated rings. The van der Waals surface area contributed by atoms with Gasteiger partial charge in [0.2, 0.25) is 0 Å². The highest BCUT2D eigenvalue weighted by atomic mass is 16.6. The molecule has 396 valence electrons. The Hall–Kier alpha value is -2.63. The molecule has 0 spiro atoms. The number of carbonyl (C=O) groups is 3. The van der Waals surface area contributed by atoms with Gasteiger partial charge >= 0.3 is 17.9 Å². The van der Waals surface area contributed by atoms with Gasteiger partial charge in [0.15, 0.2) is 6.10 Å². The molecule has 0 amide bonds. The first-order valence-electron chi connectivity index (χ1n) is 29.6. The number of carbonyl (C=O) groups excluding carboxylic acids is 3. The average molecular weight is 954 g/mol. The van der Waals surface area contributed by atoms with Crippen LogP contribution >= 0.6 is 0 Å². The summed E-state index contributed by atoms with van der Waals surface area (Å²) >= 11 is 0. The molecular formula is C62H112O6.